The number of anilines is 1. The van der Waals surface area contributed by atoms with E-state index in [-0.39, 0.29) is 24.0 Å². The first-order valence-electron chi connectivity index (χ1n) is 6.31. The Hall–Kier alpha value is -2.31. The molecule has 0 radical (unpaired) electrons. The molecule has 0 atom stereocenters. The number of carboxylic acid groups (broad SMARTS) is 1. The van der Waals surface area contributed by atoms with E-state index >= 15 is 0 Å². The summed E-state index contributed by atoms with van der Waals surface area (Å²) in [6.45, 7) is 0. The molecule has 21 heavy (non-hydrogen) atoms. The molecule has 2 rings (SSSR count). The van der Waals surface area contributed by atoms with Crippen molar-refractivity contribution in [3.05, 3.63) is 40.7 Å². The van der Waals surface area contributed by atoms with Gasteiger partial charge in [-0.1, -0.05) is 0 Å². The maximum absolute atomic E-state index is 13.5. The van der Waals surface area contributed by atoms with Crippen LogP contribution in [0.5, 0.6) is 0 Å². The van der Waals surface area contributed by atoms with Gasteiger partial charge in [-0.2, -0.15) is 0 Å². The van der Waals surface area contributed by atoms with Gasteiger partial charge in [0.2, 0.25) is 0 Å². The fourth-order valence-electron chi connectivity index (χ4n) is 2.24. The minimum absolute atomic E-state index is 0.00289. The van der Waals surface area contributed by atoms with Gasteiger partial charge in [-0.25, -0.2) is 18.0 Å². The molecule has 0 saturated heterocycles. The highest BCUT2D eigenvalue weighted by atomic mass is 19.1. The van der Waals surface area contributed by atoms with E-state index in [4.69, 9.17) is 5.11 Å². The van der Waals surface area contributed by atoms with Crippen LogP contribution in [0.1, 0.15) is 25.7 Å². The quantitative estimate of drug-likeness (QED) is 0.901. The standard InChI is InChI=1S/C14H12F3NO3/c15-7-5-10(16)12(11(17)6-7)18-13(19)8-3-1-2-4-9(8)14(20)21/h5-6H,1-4H2,(H,18,19)(H,20,21). The molecule has 1 aliphatic carbocycles. The van der Waals surface area contributed by atoms with E-state index in [1.165, 1.54) is 0 Å². The van der Waals surface area contributed by atoms with Gasteiger partial charge in [-0.3, -0.25) is 4.79 Å². The maximum Gasteiger partial charge on any atom is 0.332 e. The van der Waals surface area contributed by atoms with Gasteiger partial charge in [0.05, 0.1) is 0 Å². The molecule has 1 aromatic rings. The van der Waals surface area contributed by atoms with Crippen molar-refractivity contribution in [2.24, 2.45) is 0 Å². The molecule has 1 aromatic carbocycles. The third-order valence-electron chi connectivity index (χ3n) is 3.25. The highest BCUT2D eigenvalue weighted by Gasteiger charge is 2.25. The summed E-state index contributed by atoms with van der Waals surface area (Å²) in [5.41, 5.74) is -0.845. The Balaban J connectivity index is 2.32. The van der Waals surface area contributed by atoms with Crippen LogP contribution >= 0.6 is 0 Å². The first-order valence-corrected chi connectivity index (χ1v) is 6.31. The molecule has 112 valence electrons. The Morgan fingerprint density at radius 3 is 2.05 bits per heavy atom. The largest absolute Gasteiger partial charge is 0.478 e. The molecule has 1 amide bonds. The molecule has 0 aliphatic heterocycles. The summed E-state index contributed by atoms with van der Waals surface area (Å²) in [6.07, 6.45) is 1.70. The van der Waals surface area contributed by atoms with Crippen molar-refractivity contribution in [3.8, 4) is 0 Å². The molecule has 2 N–H and O–H groups in total. The molecule has 0 fully saturated rings. The number of amides is 1. The van der Waals surface area contributed by atoms with Crippen LogP contribution in [0, 0.1) is 17.5 Å². The van der Waals surface area contributed by atoms with Gasteiger partial charge in [0.25, 0.3) is 5.91 Å². The van der Waals surface area contributed by atoms with Crippen LogP contribution < -0.4 is 5.32 Å². The Bertz CT molecular complexity index is 617. The third kappa shape index (κ3) is 3.24. The lowest BCUT2D eigenvalue weighted by Gasteiger charge is -2.17. The summed E-state index contributed by atoms with van der Waals surface area (Å²) >= 11 is 0. The fraction of sp³-hybridized carbons (Fsp3) is 0.286. The van der Waals surface area contributed by atoms with Crippen molar-refractivity contribution in [3.63, 3.8) is 0 Å². The number of aliphatic carboxylic acids is 1. The highest BCUT2D eigenvalue weighted by molar-refractivity contribution is 6.08. The molecule has 7 heteroatoms. The van der Waals surface area contributed by atoms with Gasteiger partial charge in [-0.15, -0.1) is 0 Å². The zero-order chi connectivity index (χ0) is 15.6. The second-order valence-corrected chi connectivity index (χ2v) is 4.67. The number of nitrogens with one attached hydrogen (secondary N) is 1. The van der Waals surface area contributed by atoms with E-state index in [0.29, 0.717) is 25.0 Å². The Kier molecular flexibility index (Phi) is 4.30. The van der Waals surface area contributed by atoms with E-state index in [0.717, 1.165) is 0 Å². The van der Waals surface area contributed by atoms with Gasteiger partial charge >= 0.3 is 5.97 Å². The molecular weight excluding hydrogens is 287 g/mol. The lowest BCUT2D eigenvalue weighted by molar-refractivity contribution is -0.133. The first-order chi connectivity index (χ1) is 9.90. The van der Waals surface area contributed by atoms with E-state index in [1.54, 1.807) is 0 Å². The summed E-state index contributed by atoms with van der Waals surface area (Å²) in [7, 11) is 0. The SMILES string of the molecule is O=C(O)C1=C(C(=O)Nc2c(F)cc(F)cc2F)CCCC1. The zero-order valence-corrected chi connectivity index (χ0v) is 10.9. The topological polar surface area (TPSA) is 66.4 Å². The second-order valence-electron chi connectivity index (χ2n) is 4.67. The number of hydrogen-bond donors (Lipinski definition) is 2. The smallest absolute Gasteiger partial charge is 0.332 e. The van der Waals surface area contributed by atoms with Crippen LogP contribution in [0.25, 0.3) is 0 Å². The van der Waals surface area contributed by atoms with Crippen molar-refractivity contribution in [2.75, 3.05) is 5.32 Å². The normalized spacial score (nSPS) is 15.0. The second kappa shape index (κ2) is 5.99. The van der Waals surface area contributed by atoms with Crippen LogP contribution in [-0.2, 0) is 9.59 Å². The van der Waals surface area contributed by atoms with Crippen LogP contribution in [0.4, 0.5) is 18.9 Å². The van der Waals surface area contributed by atoms with E-state index in [2.05, 4.69) is 0 Å². The van der Waals surface area contributed by atoms with Crippen molar-refractivity contribution in [2.45, 2.75) is 25.7 Å². The number of carbonyl (C=O) groups excluding carboxylic acids is 1. The van der Waals surface area contributed by atoms with Crippen LogP contribution in [0.2, 0.25) is 0 Å². The molecular formula is C14H12F3NO3. The predicted octanol–water partition coefficient (Wildman–Crippen LogP) is 3.00. The number of benzene rings is 1. The number of carbonyl (C=O) groups is 2. The molecule has 1 aliphatic rings. The van der Waals surface area contributed by atoms with E-state index < -0.39 is 35.0 Å². The van der Waals surface area contributed by atoms with Crippen LogP contribution in [0.3, 0.4) is 0 Å². The van der Waals surface area contributed by atoms with Gasteiger partial charge < -0.3 is 10.4 Å². The molecule has 0 heterocycles. The molecule has 0 bridgehead atoms. The molecule has 0 saturated carbocycles. The number of carboxylic acids is 1. The summed E-state index contributed by atoms with van der Waals surface area (Å²) in [5, 5.41) is 11.0. The van der Waals surface area contributed by atoms with Gasteiger partial charge in [0, 0.05) is 23.3 Å². The summed E-state index contributed by atoms with van der Waals surface area (Å²) in [6, 6.07) is 0.873. The van der Waals surface area contributed by atoms with Gasteiger partial charge in [0.1, 0.15) is 11.5 Å². The third-order valence-corrected chi connectivity index (χ3v) is 3.25. The van der Waals surface area contributed by atoms with Crippen molar-refractivity contribution in [1.82, 2.24) is 0 Å². The van der Waals surface area contributed by atoms with Gasteiger partial charge in [-0.05, 0) is 25.7 Å². The first kappa shape index (κ1) is 15.1. The van der Waals surface area contributed by atoms with Crippen LogP contribution in [0.15, 0.2) is 23.3 Å². The Morgan fingerprint density at radius 1 is 1.00 bits per heavy atom. The molecule has 0 aromatic heterocycles. The summed E-state index contributed by atoms with van der Waals surface area (Å²) in [4.78, 5) is 23.1. The lowest BCUT2D eigenvalue weighted by Crippen LogP contribution is -2.22. The Labute approximate surface area is 118 Å². The zero-order valence-electron chi connectivity index (χ0n) is 10.9. The van der Waals surface area contributed by atoms with Crippen molar-refractivity contribution < 1.29 is 27.9 Å². The van der Waals surface area contributed by atoms with Gasteiger partial charge in [0.15, 0.2) is 11.6 Å². The Morgan fingerprint density at radius 2 is 1.52 bits per heavy atom. The highest BCUT2D eigenvalue weighted by Crippen LogP contribution is 2.27. The number of halogens is 3. The number of rotatable bonds is 3. The van der Waals surface area contributed by atoms with Crippen molar-refractivity contribution in [1.29, 1.82) is 0 Å². The van der Waals surface area contributed by atoms with E-state index in [9.17, 15) is 22.8 Å². The molecule has 0 spiro atoms. The van der Waals surface area contributed by atoms with E-state index in [1.807, 2.05) is 5.32 Å². The molecule has 4 nitrogen and oxygen atoms in total. The average Bonchev–Trinajstić information content (AvgIpc) is 2.42. The monoisotopic (exact) mass is 299 g/mol. The minimum atomic E-state index is -1.26. The number of hydrogen-bond acceptors (Lipinski definition) is 2. The summed E-state index contributed by atoms with van der Waals surface area (Å²) < 4.78 is 39.7. The van der Waals surface area contributed by atoms with Crippen LogP contribution in [-0.4, -0.2) is 17.0 Å². The predicted molar refractivity (Wildman–Crippen MR) is 68.1 cm³/mol. The summed E-state index contributed by atoms with van der Waals surface area (Å²) in [5.74, 6) is -5.72. The molecule has 0 unspecified atom stereocenters. The van der Waals surface area contributed by atoms with Crippen molar-refractivity contribution >= 4 is 17.6 Å². The lowest BCUT2D eigenvalue weighted by atomic mass is 9.91. The average molecular weight is 299 g/mol. The maximum atomic E-state index is 13.5. The fourth-order valence-corrected chi connectivity index (χ4v) is 2.24. The minimum Gasteiger partial charge on any atom is -0.478 e.